The monoisotopic (exact) mass is 428 g/mol. The maximum absolute atomic E-state index is 13.0. The highest BCUT2D eigenvalue weighted by molar-refractivity contribution is 7.15. The first kappa shape index (κ1) is 19.0. The van der Waals surface area contributed by atoms with Crippen LogP contribution in [0.1, 0.15) is 21.5 Å². The zero-order valence-corrected chi connectivity index (χ0v) is 17.0. The number of thiazole rings is 1. The third-order valence-electron chi connectivity index (χ3n) is 4.92. The Bertz CT molecular complexity index is 1550. The number of hydrogen-bond acceptors (Lipinski definition) is 5. The highest BCUT2D eigenvalue weighted by atomic mass is 32.1. The fraction of sp³-hybridized carbons (Fsp3) is 0.0417. The van der Waals surface area contributed by atoms with Crippen LogP contribution < -0.4 is 14.8 Å². The van der Waals surface area contributed by atoms with Crippen LogP contribution in [0.3, 0.4) is 0 Å². The Morgan fingerprint density at radius 1 is 1.06 bits per heavy atom. The van der Waals surface area contributed by atoms with Gasteiger partial charge in [0, 0.05) is 5.56 Å². The van der Waals surface area contributed by atoms with Crippen LogP contribution in [-0.2, 0) is 6.61 Å². The number of carbonyl (C=O) groups is 1. The number of rotatable bonds is 5. The SMILES string of the molecule is O=C(O)c1cccc(COc2ccccc2/C=c2\sc3nc4ccccc4n3c2=O)c1. The van der Waals surface area contributed by atoms with E-state index in [9.17, 15) is 9.59 Å². The summed E-state index contributed by atoms with van der Waals surface area (Å²) in [5, 5.41) is 9.16. The van der Waals surface area contributed by atoms with Crippen molar-refractivity contribution in [3.05, 3.63) is 104 Å². The molecule has 0 spiro atoms. The van der Waals surface area contributed by atoms with Crippen molar-refractivity contribution in [2.75, 3.05) is 0 Å². The number of para-hydroxylation sites is 3. The van der Waals surface area contributed by atoms with Crippen LogP contribution in [0, 0.1) is 0 Å². The Labute approximate surface area is 180 Å². The van der Waals surface area contributed by atoms with Gasteiger partial charge in [-0.1, -0.05) is 53.8 Å². The van der Waals surface area contributed by atoms with Gasteiger partial charge >= 0.3 is 5.97 Å². The first-order chi connectivity index (χ1) is 15.1. The van der Waals surface area contributed by atoms with Gasteiger partial charge < -0.3 is 9.84 Å². The maximum Gasteiger partial charge on any atom is 0.335 e. The average molecular weight is 428 g/mol. The molecule has 0 unspecified atom stereocenters. The standard InChI is InChI=1S/C24H16N2O4S/c27-22-21(31-24-25-18-9-2-3-10-19(18)26(22)24)13-16-7-1-4-11-20(16)30-14-15-6-5-8-17(12-15)23(28)29/h1-13H,14H2,(H,28,29)/b21-13-. The smallest absolute Gasteiger partial charge is 0.335 e. The third-order valence-corrected chi connectivity index (χ3v) is 5.89. The topological polar surface area (TPSA) is 80.9 Å². The Hall–Kier alpha value is -3.97. The van der Waals surface area contributed by atoms with Crippen LogP contribution in [0.15, 0.2) is 77.6 Å². The van der Waals surface area contributed by atoms with Crippen molar-refractivity contribution in [1.29, 1.82) is 0 Å². The minimum absolute atomic E-state index is 0.113. The van der Waals surface area contributed by atoms with E-state index in [0.29, 0.717) is 15.2 Å². The van der Waals surface area contributed by atoms with Crippen LogP contribution in [0.4, 0.5) is 0 Å². The molecular formula is C24H16N2O4S. The number of ether oxygens (including phenoxy) is 1. The molecule has 7 heteroatoms. The lowest BCUT2D eigenvalue weighted by molar-refractivity contribution is 0.0696. The summed E-state index contributed by atoms with van der Waals surface area (Å²) in [6.07, 6.45) is 1.81. The number of carboxylic acids is 1. The molecule has 0 saturated carbocycles. The number of carboxylic acid groups (broad SMARTS) is 1. The molecule has 5 aromatic rings. The van der Waals surface area contributed by atoms with E-state index in [4.69, 9.17) is 9.84 Å². The summed E-state index contributed by atoms with van der Waals surface area (Å²) in [7, 11) is 0. The summed E-state index contributed by atoms with van der Waals surface area (Å²) in [5.74, 6) is -0.368. The van der Waals surface area contributed by atoms with Gasteiger partial charge in [-0.3, -0.25) is 4.79 Å². The third kappa shape index (κ3) is 3.55. The second-order valence-corrected chi connectivity index (χ2v) is 7.98. The molecule has 3 aromatic carbocycles. The largest absolute Gasteiger partial charge is 0.488 e. The van der Waals surface area contributed by atoms with E-state index in [0.717, 1.165) is 22.2 Å². The van der Waals surface area contributed by atoms with E-state index < -0.39 is 5.97 Å². The molecule has 0 atom stereocenters. The molecule has 1 N–H and O–H groups in total. The summed E-state index contributed by atoms with van der Waals surface area (Å²) in [6.45, 7) is 0.217. The van der Waals surface area contributed by atoms with Gasteiger partial charge in [-0.05, 0) is 42.0 Å². The number of aromatic nitrogens is 2. The summed E-state index contributed by atoms with van der Waals surface area (Å²) >= 11 is 1.34. The molecule has 152 valence electrons. The van der Waals surface area contributed by atoms with Crippen molar-refractivity contribution >= 4 is 39.4 Å². The van der Waals surface area contributed by atoms with Gasteiger partial charge in [-0.2, -0.15) is 0 Å². The van der Waals surface area contributed by atoms with Gasteiger partial charge in [0.1, 0.15) is 12.4 Å². The number of benzene rings is 3. The molecule has 2 aromatic heterocycles. The summed E-state index contributed by atoms with van der Waals surface area (Å²) in [5.41, 5.74) is 3.21. The molecule has 0 fully saturated rings. The van der Waals surface area contributed by atoms with Crippen molar-refractivity contribution in [3.63, 3.8) is 0 Å². The zero-order chi connectivity index (χ0) is 21.4. The Morgan fingerprint density at radius 2 is 1.87 bits per heavy atom. The molecule has 6 nitrogen and oxygen atoms in total. The first-order valence-electron chi connectivity index (χ1n) is 9.56. The lowest BCUT2D eigenvalue weighted by atomic mass is 10.1. The molecule has 0 aliphatic rings. The van der Waals surface area contributed by atoms with Gasteiger partial charge in [0.2, 0.25) is 0 Å². The van der Waals surface area contributed by atoms with Crippen LogP contribution in [0.25, 0.3) is 22.1 Å². The van der Waals surface area contributed by atoms with E-state index in [1.165, 1.54) is 11.3 Å². The quantitative estimate of drug-likeness (QED) is 0.461. The Kier molecular flexibility index (Phi) is 4.72. The second-order valence-electron chi connectivity index (χ2n) is 6.97. The molecular weight excluding hydrogens is 412 g/mol. The van der Waals surface area contributed by atoms with Crippen LogP contribution >= 0.6 is 11.3 Å². The molecule has 0 amide bonds. The fourth-order valence-electron chi connectivity index (χ4n) is 3.44. The van der Waals surface area contributed by atoms with E-state index in [1.807, 2.05) is 54.6 Å². The lowest BCUT2D eigenvalue weighted by Crippen LogP contribution is -2.22. The molecule has 0 bridgehead atoms. The Balaban J connectivity index is 1.50. The van der Waals surface area contributed by atoms with E-state index in [2.05, 4.69) is 4.98 Å². The molecule has 31 heavy (non-hydrogen) atoms. The zero-order valence-electron chi connectivity index (χ0n) is 16.2. The number of aromatic carboxylic acids is 1. The second kappa shape index (κ2) is 7.70. The number of imidazole rings is 1. The summed E-state index contributed by atoms with van der Waals surface area (Å²) in [6, 6.07) is 21.6. The van der Waals surface area contributed by atoms with Gasteiger partial charge in [0.15, 0.2) is 4.96 Å². The van der Waals surface area contributed by atoms with Crippen LogP contribution in [0.5, 0.6) is 5.75 Å². The molecule has 5 rings (SSSR count). The Morgan fingerprint density at radius 3 is 2.74 bits per heavy atom. The highest BCUT2D eigenvalue weighted by Gasteiger charge is 2.11. The molecule has 0 aliphatic carbocycles. The average Bonchev–Trinajstić information content (AvgIpc) is 3.29. The first-order valence-corrected chi connectivity index (χ1v) is 10.4. The van der Waals surface area contributed by atoms with Gasteiger partial charge in [-0.15, -0.1) is 0 Å². The van der Waals surface area contributed by atoms with Crippen molar-refractivity contribution in [2.45, 2.75) is 6.61 Å². The number of fused-ring (bicyclic) bond motifs is 3. The highest BCUT2D eigenvalue weighted by Crippen LogP contribution is 2.21. The predicted octanol–water partition coefficient (Wildman–Crippen LogP) is 3.73. The molecule has 0 saturated heterocycles. The number of hydrogen-bond donors (Lipinski definition) is 1. The van der Waals surface area contributed by atoms with Crippen molar-refractivity contribution < 1.29 is 14.6 Å². The van der Waals surface area contributed by atoms with E-state index in [1.54, 1.807) is 28.7 Å². The maximum atomic E-state index is 13.0. The van der Waals surface area contributed by atoms with Crippen molar-refractivity contribution in [1.82, 2.24) is 9.38 Å². The predicted molar refractivity (Wildman–Crippen MR) is 120 cm³/mol. The minimum Gasteiger partial charge on any atom is -0.488 e. The summed E-state index contributed by atoms with van der Waals surface area (Å²) in [4.78, 5) is 29.4. The van der Waals surface area contributed by atoms with Crippen LogP contribution in [-0.4, -0.2) is 20.5 Å². The van der Waals surface area contributed by atoms with Gasteiger partial charge in [0.25, 0.3) is 5.56 Å². The molecule has 0 aliphatic heterocycles. The van der Waals surface area contributed by atoms with Crippen LogP contribution in [0.2, 0.25) is 0 Å². The van der Waals surface area contributed by atoms with E-state index >= 15 is 0 Å². The van der Waals surface area contributed by atoms with Crippen molar-refractivity contribution in [2.24, 2.45) is 0 Å². The summed E-state index contributed by atoms with van der Waals surface area (Å²) < 4.78 is 8.15. The molecule has 0 radical (unpaired) electrons. The number of nitrogens with zero attached hydrogens (tertiary/aromatic N) is 2. The van der Waals surface area contributed by atoms with Gasteiger partial charge in [0.05, 0.1) is 21.1 Å². The molecule has 2 heterocycles. The van der Waals surface area contributed by atoms with E-state index in [-0.39, 0.29) is 17.7 Å². The lowest BCUT2D eigenvalue weighted by Gasteiger charge is -2.09. The van der Waals surface area contributed by atoms with Crippen molar-refractivity contribution in [3.8, 4) is 5.75 Å². The normalized spacial score (nSPS) is 11.9. The minimum atomic E-state index is -0.978. The van der Waals surface area contributed by atoms with Gasteiger partial charge in [-0.25, -0.2) is 14.2 Å². The fourth-order valence-corrected chi connectivity index (χ4v) is 4.42.